The first-order chi connectivity index (χ1) is 12.6. The van der Waals surface area contributed by atoms with Crippen LogP contribution in [0.3, 0.4) is 0 Å². The molecule has 3 unspecified atom stereocenters. The van der Waals surface area contributed by atoms with E-state index >= 15 is 0 Å². The third-order valence-electron chi connectivity index (χ3n) is 6.47. The Morgan fingerprint density at radius 2 is 1.96 bits per heavy atom. The molecular formula is C22H31N3O. The number of nitrogens with one attached hydrogen (secondary N) is 1. The number of hydrogen-bond acceptors (Lipinski definition) is 2. The molecule has 3 atom stereocenters. The molecule has 1 aliphatic carbocycles. The molecule has 1 saturated carbocycles. The normalized spacial score (nSPS) is 30.6. The van der Waals surface area contributed by atoms with E-state index in [1.807, 2.05) is 7.05 Å². The highest BCUT2D eigenvalue weighted by atomic mass is 16.5. The second-order valence-corrected chi connectivity index (χ2v) is 8.43. The predicted octanol–water partition coefficient (Wildman–Crippen LogP) is 3.55. The fourth-order valence-electron chi connectivity index (χ4n) is 4.99. The van der Waals surface area contributed by atoms with Crippen molar-refractivity contribution in [1.29, 1.82) is 0 Å². The maximum absolute atomic E-state index is 5.93. The van der Waals surface area contributed by atoms with Gasteiger partial charge in [-0.15, -0.1) is 0 Å². The molecule has 4 heteroatoms. The van der Waals surface area contributed by atoms with Crippen molar-refractivity contribution >= 4 is 12.0 Å². The number of ether oxygens (including phenoxy) is 1. The summed E-state index contributed by atoms with van der Waals surface area (Å²) < 4.78 is 5.93. The molecule has 0 radical (unpaired) electrons. The van der Waals surface area contributed by atoms with Crippen LogP contribution in [0, 0.1) is 11.3 Å². The summed E-state index contributed by atoms with van der Waals surface area (Å²) in [6.45, 7) is 7.63. The molecule has 0 aromatic heterocycles. The fourth-order valence-corrected chi connectivity index (χ4v) is 4.99. The molecule has 1 N–H and O–H groups in total. The fraction of sp³-hybridized carbons (Fsp3) is 0.591. The van der Waals surface area contributed by atoms with Crippen molar-refractivity contribution in [2.45, 2.75) is 45.3 Å². The standard InChI is InChI=1S/C22H31N3O/c1-22(2)19(18-11-14-26-20(18)22)24-21(23-3)25-12-9-17(10-13-25)15-16-7-5-4-6-8-16/h4-8,15,18-20H,9-14H2,1-3H3,(H,23,24). The number of piperidine rings is 1. The quantitative estimate of drug-likeness (QED) is 0.652. The highest BCUT2D eigenvalue weighted by Gasteiger charge is 2.59. The molecule has 1 aromatic carbocycles. The van der Waals surface area contributed by atoms with E-state index in [2.05, 4.69) is 65.5 Å². The Balaban J connectivity index is 1.37. The maximum Gasteiger partial charge on any atom is 0.193 e. The zero-order chi connectivity index (χ0) is 18.1. The molecule has 0 bridgehead atoms. The van der Waals surface area contributed by atoms with Gasteiger partial charge >= 0.3 is 0 Å². The molecule has 3 fully saturated rings. The summed E-state index contributed by atoms with van der Waals surface area (Å²) in [5.41, 5.74) is 3.03. The van der Waals surface area contributed by atoms with E-state index in [4.69, 9.17) is 4.74 Å². The van der Waals surface area contributed by atoms with Gasteiger partial charge in [0.15, 0.2) is 5.96 Å². The monoisotopic (exact) mass is 353 g/mol. The lowest BCUT2D eigenvalue weighted by Gasteiger charge is -2.55. The van der Waals surface area contributed by atoms with Crippen molar-refractivity contribution in [3.63, 3.8) is 0 Å². The Kier molecular flexibility index (Phi) is 4.78. The predicted molar refractivity (Wildman–Crippen MR) is 107 cm³/mol. The minimum atomic E-state index is 0.186. The minimum Gasteiger partial charge on any atom is -0.377 e. The van der Waals surface area contributed by atoms with Crippen LogP contribution in [0.4, 0.5) is 0 Å². The van der Waals surface area contributed by atoms with E-state index in [-0.39, 0.29) is 5.41 Å². The highest BCUT2D eigenvalue weighted by Crippen LogP contribution is 2.52. The van der Waals surface area contributed by atoms with E-state index < -0.39 is 0 Å². The number of nitrogens with zero attached hydrogens (tertiary/aromatic N) is 2. The van der Waals surface area contributed by atoms with Crippen molar-refractivity contribution in [2.75, 3.05) is 26.7 Å². The molecule has 140 valence electrons. The van der Waals surface area contributed by atoms with Gasteiger partial charge in [0.1, 0.15) is 0 Å². The van der Waals surface area contributed by atoms with Crippen LogP contribution in [0.2, 0.25) is 0 Å². The number of rotatable bonds is 2. The SMILES string of the molecule is CN=C(NC1C2CCOC2C1(C)C)N1CCC(=Cc2ccccc2)CC1. The van der Waals surface area contributed by atoms with Crippen LogP contribution < -0.4 is 5.32 Å². The van der Waals surface area contributed by atoms with Crippen LogP contribution in [-0.2, 0) is 4.74 Å². The summed E-state index contributed by atoms with van der Waals surface area (Å²) in [5.74, 6) is 1.70. The molecule has 4 nitrogen and oxygen atoms in total. The Morgan fingerprint density at radius 3 is 2.65 bits per heavy atom. The Bertz CT molecular complexity index is 685. The van der Waals surface area contributed by atoms with Crippen LogP contribution in [0.25, 0.3) is 6.08 Å². The number of guanidine groups is 1. The summed E-state index contributed by atoms with van der Waals surface area (Å²) in [7, 11) is 1.91. The Hall–Kier alpha value is -1.81. The summed E-state index contributed by atoms with van der Waals surface area (Å²) >= 11 is 0. The summed E-state index contributed by atoms with van der Waals surface area (Å²) in [5, 5.41) is 3.78. The van der Waals surface area contributed by atoms with Crippen molar-refractivity contribution in [2.24, 2.45) is 16.3 Å². The number of hydrogen-bond donors (Lipinski definition) is 1. The molecule has 4 rings (SSSR count). The van der Waals surface area contributed by atoms with Gasteiger partial charge in [0.2, 0.25) is 0 Å². The first-order valence-corrected chi connectivity index (χ1v) is 9.94. The molecule has 2 heterocycles. The van der Waals surface area contributed by atoms with Gasteiger partial charge in [-0.05, 0) is 24.8 Å². The Morgan fingerprint density at radius 1 is 1.23 bits per heavy atom. The second kappa shape index (κ2) is 7.07. The van der Waals surface area contributed by atoms with Crippen LogP contribution in [0.5, 0.6) is 0 Å². The molecule has 3 aliphatic rings. The lowest BCUT2D eigenvalue weighted by Crippen LogP contribution is -2.68. The maximum atomic E-state index is 5.93. The number of benzene rings is 1. The minimum absolute atomic E-state index is 0.186. The molecule has 1 aromatic rings. The van der Waals surface area contributed by atoms with Gasteiger partial charge in [0, 0.05) is 44.1 Å². The van der Waals surface area contributed by atoms with E-state index in [1.165, 1.54) is 17.6 Å². The van der Waals surface area contributed by atoms with Gasteiger partial charge in [0.05, 0.1) is 6.10 Å². The smallest absolute Gasteiger partial charge is 0.193 e. The van der Waals surface area contributed by atoms with Gasteiger partial charge in [-0.3, -0.25) is 4.99 Å². The van der Waals surface area contributed by atoms with E-state index in [0.29, 0.717) is 18.1 Å². The molecule has 2 saturated heterocycles. The average Bonchev–Trinajstić information content (AvgIpc) is 3.11. The van der Waals surface area contributed by atoms with Gasteiger partial charge in [-0.1, -0.05) is 55.8 Å². The number of aliphatic imine (C=N–C) groups is 1. The first-order valence-electron chi connectivity index (χ1n) is 9.94. The number of likely N-dealkylation sites (tertiary alicyclic amines) is 1. The third-order valence-corrected chi connectivity index (χ3v) is 6.47. The van der Waals surface area contributed by atoms with Crippen LogP contribution >= 0.6 is 0 Å². The average molecular weight is 354 g/mol. The molecule has 0 amide bonds. The van der Waals surface area contributed by atoms with Crippen LogP contribution in [0.15, 0.2) is 40.9 Å². The van der Waals surface area contributed by atoms with Crippen molar-refractivity contribution in [1.82, 2.24) is 10.2 Å². The summed E-state index contributed by atoms with van der Waals surface area (Å²) in [6.07, 6.45) is 6.16. The highest BCUT2D eigenvalue weighted by molar-refractivity contribution is 5.81. The van der Waals surface area contributed by atoms with Crippen LogP contribution in [-0.4, -0.2) is 49.7 Å². The lowest BCUT2D eigenvalue weighted by atomic mass is 9.57. The zero-order valence-electron chi connectivity index (χ0n) is 16.2. The van der Waals surface area contributed by atoms with Crippen molar-refractivity contribution in [3.8, 4) is 0 Å². The van der Waals surface area contributed by atoms with Gasteiger partial charge < -0.3 is 15.0 Å². The third kappa shape index (κ3) is 3.16. The van der Waals surface area contributed by atoms with Crippen LogP contribution in [0.1, 0.15) is 38.7 Å². The van der Waals surface area contributed by atoms with E-state index in [0.717, 1.165) is 38.5 Å². The topological polar surface area (TPSA) is 36.9 Å². The molecule has 26 heavy (non-hydrogen) atoms. The van der Waals surface area contributed by atoms with Crippen molar-refractivity contribution < 1.29 is 4.74 Å². The number of fused-ring (bicyclic) bond motifs is 1. The van der Waals surface area contributed by atoms with Gasteiger partial charge in [0.25, 0.3) is 0 Å². The zero-order valence-corrected chi connectivity index (χ0v) is 16.2. The van der Waals surface area contributed by atoms with Gasteiger partial charge in [-0.25, -0.2) is 0 Å². The summed E-state index contributed by atoms with van der Waals surface area (Å²) in [6, 6.07) is 11.1. The lowest BCUT2D eigenvalue weighted by molar-refractivity contribution is -0.107. The second-order valence-electron chi connectivity index (χ2n) is 8.43. The largest absolute Gasteiger partial charge is 0.377 e. The van der Waals surface area contributed by atoms with Crippen molar-refractivity contribution in [3.05, 3.63) is 41.5 Å². The van der Waals surface area contributed by atoms with E-state index in [1.54, 1.807) is 0 Å². The molecule has 0 spiro atoms. The van der Waals surface area contributed by atoms with Gasteiger partial charge in [-0.2, -0.15) is 0 Å². The van der Waals surface area contributed by atoms with E-state index in [9.17, 15) is 0 Å². The Labute approximate surface area is 157 Å². The summed E-state index contributed by atoms with van der Waals surface area (Å²) in [4.78, 5) is 7.01. The first kappa shape index (κ1) is 17.6. The molecule has 2 aliphatic heterocycles. The molecular weight excluding hydrogens is 322 g/mol.